The van der Waals surface area contributed by atoms with Crippen molar-refractivity contribution in [3.63, 3.8) is 0 Å². The molecular weight excluding hydrogens is 140 g/mol. The largest absolute Gasteiger partial charge is 0.396 e. The van der Waals surface area contributed by atoms with Crippen LogP contribution in [0.5, 0.6) is 0 Å². The number of hydrogen-bond acceptors (Lipinski definition) is 2. The van der Waals surface area contributed by atoms with E-state index in [1.54, 1.807) is 0 Å². The summed E-state index contributed by atoms with van der Waals surface area (Å²) in [5.41, 5.74) is 0. The molecule has 0 saturated carbocycles. The van der Waals surface area contributed by atoms with E-state index in [4.69, 9.17) is 10.2 Å². The first-order chi connectivity index (χ1) is 5.24. The van der Waals surface area contributed by atoms with Crippen molar-refractivity contribution in [1.82, 2.24) is 0 Å². The Morgan fingerprint density at radius 3 is 2.09 bits per heavy atom. The third-order valence-corrected chi connectivity index (χ3v) is 2.03. The van der Waals surface area contributed by atoms with Gasteiger partial charge in [-0.05, 0) is 12.3 Å². The second kappa shape index (κ2) is 6.62. The zero-order valence-corrected chi connectivity index (χ0v) is 7.58. The first-order valence-corrected chi connectivity index (χ1v) is 4.46. The van der Waals surface area contributed by atoms with Gasteiger partial charge in [-0.25, -0.2) is 0 Å². The molecule has 0 spiro atoms. The molecule has 0 fully saturated rings. The topological polar surface area (TPSA) is 40.5 Å². The summed E-state index contributed by atoms with van der Waals surface area (Å²) in [7, 11) is 0. The fourth-order valence-electron chi connectivity index (χ4n) is 1.39. The number of aliphatic hydroxyl groups is 2. The molecule has 2 N–H and O–H groups in total. The Bertz CT molecular complexity index is 79.6. The van der Waals surface area contributed by atoms with Crippen LogP contribution in [0.25, 0.3) is 0 Å². The summed E-state index contributed by atoms with van der Waals surface area (Å²) in [6.07, 6.45) is 3.32. The van der Waals surface area contributed by atoms with Gasteiger partial charge in [0.15, 0.2) is 0 Å². The molecule has 0 aliphatic carbocycles. The Kier molecular flexibility index (Phi) is 6.57. The van der Waals surface area contributed by atoms with Gasteiger partial charge in [-0.15, -0.1) is 0 Å². The van der Waals surface area contributed by atoms with Crippen molar-refractivity contribution >= 4 is 0 Å². The molecular formula is C9H20O2. The van der Waals surface area contributed by atoms with E-state index < -0.39 is 0 Å². The third kappa shape index (κ3) is 5.22. The van der Waals surface area contributed by atoms with Crippen LogP contribution in [0.15, 0.2) is 0 Å². The highest BCUT2D eigenvalue weighted by molar-refractivity contribution is 4.60. The molecule has 0 bridgehead atoms. The molecule has 0 radical (unpaired) electrons. The van der Waals surface area contributed by atoms with E-state index in [2.05, 4.69) is 13.8 Å². The van der Waals surface area contributed by atoms with Crippen molar-refractivity contribution in [3.05, 3.63) is 0 Å². The Hall–Kier alpha value is -0.0800. The van der Waals surface area contributed by atoms with E-state index in [-0.39, 0.29) is 19.1 Å². The van der Waals surface area contributed by atoms with Crippen molar-refractivity contribution in [3.8, 4) is 0 Å². The van der Waals surface area contributed by atoms with Crippen LogP contribution in [0.1, 0.15) is 33.1 Å². The summed E-state index contributed by atoms with van der Waals surface area (Å²) in [6, 6.07) is 0. The van der Waals surface area contributed by atoms with E-state index in [1.807, 2.05) is 0 Å². The minimum Gasteiger partial charge on any atom is -0.396 e. The lowest BCUT2D eigenvalue weighted by molar-refractivity contribution is 0.130. The smallest absolute Gasteiger partial charge is 0.0481 e. The summed E-state index contributed by atoms with van der Waals surface area (Å²) in [4.78, 5) is 0. The minimum atomic E-state index is 0.0940. The molecule has 0 saturated heterocycles. The van der Waals surface area contributed by atoms with Gasteiger partial charge < -0.3 is 10.2 Å². The molecule has 68 valence electrons. The average molecular weight is 160 g/mol. The monoisotopic (exact) mass is 160 g/mol. The normalized spacial score (nSPS) is 13.9. The van der Waals surface area contributed by atoms with E-state index >= 15 is 0 Å². The number of rotatable bonds is 6. The summed E-state index contributed by atoms with van der Waals surface area (Å²) >= 11 is 0. The lowest BCUT2D eigenvalue weighted by Gasteiger charge is -2.15. The first-order valence-electron chi connectivity index (χ1n) is 4.46. The Labute approximate surface area is 69.2 Å². The highest BCUT2D eigenvalue weighted by Gasteiger charge is 2.10. The minimum absolute atomic E-state index is 0.0940. The van der Waals surface area contributed by atoms with E-state index in [0.29, 0.717) is 5.92 Å². The second-order valence-corrected chi connectivity index (χ2v) is 3.36. The molecule has 0 aliphatic heterocycles. The summed E-state index contributed by atoms with van der Waals surface area (Å²) in [6.45, 7) is 4.56. The van der Waals surface area contributed by atoms with Crippen molar-refractivity contribution in [2.45, 2.75) is 33.1 Å². The molecule has 11 heavy (non-hydrogen) atoms. The molecule has 0 aromatic rings. The van der Waals surface area contributed by atoms with Crippen molar-refractivity contribution in [1.29, 1.82) is 0 Å². The zero-order chi connectivity index (χ0) is 8.69. The zero-order valence-electron chi connectivity index (χ0n) is 7.58. The van der Waals surface area contributed by atoms with Crippen LogP contribution in [-0.4, -0.2) is 23.4 Å². The number of hydrogen-bond donors (Lipinski definition) is 2. The quantitative estimate of drug-likeness (QED) is 0.617. The van der Waals surface area contributed by atoms with Crippen LogP contribution < -0.4 is 0 Å². The van der Waals surface area contributed by atoms with Gasteiger partial charge >= 0.3 is 0 Å². The van der Waals surface area contributed by atoms with Gasteiger partial charge in [0.05, 0.1) is 0 Å². The van der Waals surface area contributed by atoms with Crippen LogP contribution in [0, 0.1) is 11.8 Å². The van der Waals surface area contributed by atoms with Crippen LogP contribution in [0.3, 0.4) is 0 Å². The standard InChI is InChI=1S/C9H20O2/c1-3-4-8(2)5-9(6-10)7-11/h8-11H,3-7H2,1-2H3. The van der Waals surface area contributed by atoms with Gasteiger partial charge in [0.2, 0.25) is 0 Å². The van der Waals surface area contributed by atoms with E-state index in [9.17, 15) is 0 Å². The predicted molar refractivity (Wildman–Crippen MR) is 46.4 cm³/mol. The lowest BCUT2D eigenvalue weighted by Crippen LogP contribution is -2.14. The summed E-state index contributed by atoms with van der Waals surface area (Å²) in [5.74, 6) is 0.723. The summed E-state index contributed by atoms with van der Waals surface area (Å²) < 4.78 is 0. The number of aliphatic hydroxyl groups excluding tert-OH is 2. The van der Waals surface area contributed by atoms with Crippen LogP contribution >= 0.6 is 0 Å². The maximum Gasteiger partial charge on any atom is 0.0481 e. The first kappa shape index (κ1) is 10.9. The Morgan fingerprint density at radius 2 is 1.73 bits per heavy atom. The SMILES string of the molecule is CCCC(C)CC(CO)CO. The van der Waals surface area contributed by atoms with E-state index in [1.165, 1.54) is 12.8 Å². The molecule has 0 rings (SSSR count). The van der Waals surface area contributed by atoms with Gasteiger partial charge in [0.1, 0.15) is 0 Å². The molecule has 2 nitrogen and oxygen atoms in total. The van der Waals surface area contributed by atoms with Gasteiger partial charge in [-0.1, -0.05) is 26.7 Å². The fourth-order valence-corrected chi connectivity index (χ4v) is 1.39. The maximum absolute atomic E-state index is 8.78. The van der Waals surface area contributed by atoms with Crippen molar-refractivity contribution < 1.29 is 10.2 Å². The lowest BCUT2D eigenvalue weighted by atomic mass is 9.94. The molecule has 1 unspecified atom stereocenters. The maximum atomic E-state index is 8.78. The molecule has 0 aliphatic rings. The summed E-state index contributed by atoms with van der Waals surface area (Å²) in [5, 5.41) is 17.6. The average Bonchev–Trinajstić information content (AvgIpc) is 2.01. The van der Waals surface area contributed by atoms with Crippen molar-refractivity contribution in [2.24, 2.45) is 11.8 Å². The fraction of sp³-hybridized carbons (Fsp3) is 1.00. The van der Waals surface area contributed by atoms with Crippen LogP contribution in [0.2, 0.25) is 0 Å². The molecule has 0 heterocycles. The van der Waals surface area contributed by atoms with Crippen LogP contribution in [-0.2, 0) is 0 Å². The molecule has 0 aromatic carbocycles. The van der Waals surface area contributed by atoms with E-state index in [0.717, 1.165) is 6.42 Å². The highest BCUT2D eigenvalue weighted by Crippen LogP contribution is 2.15. The van der Waals surface area contributed by atoms with Crippen LogP contribution in [0.4, 0.5) is 0 Å². The molecule has 0 aromatic heterocycles. The van der Waals surface area contributed by atoms with Gasteiger partial charge in [0, 0.05) is 19.1 Å². The highest BCUT2D eigenvalue weighted by atomic mass is 16.3. The molecule has 2 heteroatoms. The third-order valence-electron chi connectivity index (χ3n) is 2.03. The second-order valence-electron chi connectivity index (χ2n) is 3.36. The van der Waals surface area contributed by atoms with Crippen molar-refractivity contribution in [2.75, 3.05) is 13.2 Å². The molecule has 0 amide bonds. The van der Waals surface area contributed by atoms with Gasteiger partial charge in [-0.2, -0.15) is 0 Å². The Morgan fingerprint density at radius 1 is 1.18 bits per heavy atom. The van der Waals surface area contributed by atoms with Gasteiger partial charge in [-0.3, -0.25) is 0 Å². The molecule has 1 atom stereocenters. The Balaban J connectivity index is 3.44. The predicted octanol–water partition coefficient (Wildman–Crippen LogP) is 1.41. The van der Waals surface area contributed by atoms with Gasteiger partial charge in [0.25, 0.3) is 0 Å².